The molecule has 21 heavy (non-hydrogen) atoms. The van der Waals surface area contributed by atoms with Crippen LogP contribution in [0.2, 0.25) is 0 Å². The minimum atomic E-state index is -0.992. The van der Waals surface area contributed by atoms with Gasteiger partial charge >= 0.3 is 5.82 Å². The van der Waals surface area contributed by atoms with Gasteiger partial charge in [0, 0.05) is 12.8 Å². The molecule has 0 saturated carbocycles. The third-order valence-corrected chi connectivity index (χ3v) is 2.67. The molecule has 0 radical (unpaired) electrons. The van der Waals surface area contributed by atoms with Crippen molar-refractivity contribution < 1.29 is 10.0 Å². The van der Waals surface area contributed by atoms with Crippen LogP contribution >= 0.6 is 0 Å². The maximum atomic E-state index is 10.9. The average Bonchev–Trinajstić information content (AvgIpc) is 2.42. The van der Waals surface area contributed by atoms with Gasteiger partial charge in [0.1, 0.15) is 0 Å². The van der Waals surface area contributed by atoms with E-state index in [9.17, 15) is 15.2 Å². The zero-order valence-electron chi connectivity index (χ0n) is 12.1. The van der Waals surface area contributed by atoms with Crippen LogP contribution in [0.3, 0.4) is 0 Å². The van der Waals surface area contributed by atoms with Crippen LogP contribution in [0.15, 0.2) is 35.1 Å². The summed E-state index contributed by atoms with van der Waals surface area (Å²) >= 11 is 0. The third kappa shape index (κ3) is 5.33. The summed E-state index contributed by atoms with van der Waals surface area (Å²) in [5.74, 6) is -0.491. The van der Waals surface area contributed by atoms with Gasteiger partial charge in [-0.25, -0.2) is 0 Å². The van der Waals surface area contributed by atoms with Crippen molar-refractivity contribution in [1.29, 1.82) is 0 Å². The minimum absolute atomic E-state index is 0.113. The van der Waals surface area contributed by atoms with E-state index in [1.165, 1.54) is 6.21 Å². The number of aliphatic hydroxyl groups is 1. The molecular formula is C14H20N4O3. The summed E-state index contributed by atoms with van der Waals surface area (Å²) in [7, 11) is 0. The molecule has 0 unspecified atom stereocenters. The molecule has 0 aliphatic rings. The van der Waals surface area contributed by atoms with E-state index in [2.05, 4.69) is 4.99 Å². The van der Waals surface area contributed by atoms with E-state index < -0.39 is 16.3 Å². The first kappa shape index (κ1) is 16.8. The SMILES string of the molecule is CC(C)(O)CN=C/C(=C(\N)[N+](=O)[O-])c1ccc(CN)cc1. The second kappa shape index (κ2) is 6.96. The number of allylic oxidation sites excluding steroid dienone is 1. The molecule has 0 spiro atoms. The van der Waals surface area contributed by atoms with Crippen LogP contribution in [0.25, 0.3) is 5.57 Å². The van der Waals surface area contributed by atoms with Crippen LogP contribution < -0.4 is 11.5 Å². The molecule has 0 aliphatic heterocycles. The highest BCUT2D eigenvalue weighted by atomic mass is 16.6. The standard InChI is InChI=1S/C14H20N4O3/c1-14(2,19)9-17-8-12(13(16)18(20)21)11-5-3-10(7-15)4-6-11/h3-6,8,19H,7,9,15-16H2,1-2H3/b13-12-,17-8?. The van der Waals surface area contributed by atoms with Crippen molar-refractivity contribution in [2.24, 2.45) is 16.5 Å². The molecular weight excluding hydrogens is 272 g/mol. The maximum absolute atomic E-state index is 10.9. The molecule has 5 N–H and O–H groups in total. The van der Waals surface area contributed by atoms with E-state index >= 15 is 0 Å². The number of nitro groups is 1. The molecule has 0 saturated heterocycles. The number of benzene rings is 1. The predicted octanol–water partition coefficient (Wildman–Crippen LogP) is 0.891. The quantitative estimate of drug-likeness (QED) is 0.407. The van der Waals surface area contributed by atoms with Crippen molar-refractivity contribution in [1.82, 2.24) is 0 Å². The molecule has 0 aromatic heterocycles. The Hall–Kier alpha value is -2.25. The summed E-state index contributed by atoms with van der Waals surface area (Å²) in [6.45, 7) is 3.69. The van der Waals surface area contributed by atoms with Gasteiger partial charge in [-0.15, -0.1) is 0 Å². The number of rotatable bonds is 6. The van der Waals surface area contributed by atoms with Crippen LogP contribution in [0, 0.1) is 10.1 Å². The Morgan fingerprint density at radius 2 is 2.00 bits per heavy atom. The minimum Gasteiger partial charge on any atom is -0.389 e. The predicted molar refractivity (Wildman–Crippen MR) is 82.1 cm³/mol. The fraction of sp³-hybridized carbons (Fsp3) is 0.357. The Morgan fingerprint density at radius 3 is 2.43 bits per heavy atom. The number of hydrogen-bond acceptors (Lipinski definition) is 6. The third-order valence-electron chi connectivity index (χ3n) is 2.67. The van der Waals surface area contributed by atoms with Crippen LogP contribution in [-0.2, 0) is 6.54 Å². The lowest BCUT2D eigenvalue weighted by molar-refractivity contribution is -0.425. The Morgan fingerprint density at radius 1 is 1.43 bits per heavy atom. The maximum Gasteiger partial charge on any atom is 0.323 e. The molecule has 114 valence electrons. The lowest BCUT2D eigenvalue weighted by Crippen LogP contribution is -2.22. The fourth-order valence-corrected chi connectivity index (χ4v) is 1.57. The van der Waals surface area contributed by atoms with E-state index in [1.54, 1.807) is 38.1 Å². The molecule has 0 amide bonds. The van der Waals surface area contributed by atoms with Gasteiger partial charge in [0.2, 0.25) is 0 Å². The summed E-state index contributed by atoms with van der Waals surface area (Å²) < 4.78 is 0. The summed E-state index contributed by atoms with van der Waals surface area (Å²) in [4.78, 5) is 14.2. The smallest absolute Gasteiger partial charge is 0.323 e. The number of nitrogens with two attached hydrogens (primary N) is 2. The molecule has 1 rings (SSSR count). The highest BCUT2D eigenvalue weighted by Gasteiger charge is 2.14. The van der Waals surface area contributed by atoms with Crippen molar-refractivity contribution in [3.63, 3.8) is 0 Å². The van der Waals surface area contributed by atoms with E-state index in [1.807, 2.05) is 0 Å². The second-order valence-electron chi connectivity index (χ2n) is 5.24. The van der Waals surface area contributed by atoms with Gasteiger partial charge in [0.25, 0.3) is 0 Å². The van der Waals surface area contributed by atoms with Crippen molar-refractivity contribution in [3.05, 3.63) is 51.3 Å². The van der Waals surface area contributed by atoms with Crippen LogP contribution in [-0.4, -0.2) is 28.4 Å². The molecule has 0 atom stereocenters. The van der Waals surface area contributed by atoms with E-state index in [0.717, 1.165) is 5.56 Å². The van der Waals surface area contributed by atoms with Crippen LogP contribution in [0.4, 0.5) is 0 Å². The summed E-state index contributed by atoms with van der Waals surface area (Å²) in [6.07, 6.45) is 1.31. The molecule has 0 bridgehead atoms. The zero-order valence-corrected chi connectivity index (χ0v) is 12.1. The van der Waals surface area contributed by atoms with Crippen molar-refractivity contribution in [2.45, 2.75) is 26.0 Å². The Balaban J connectivity index is 3.14. The fourth-order valence-electron chi connectivity index (χ4n) is 1.57. The number of aliphatic imine (C=N–C) groups is 1. The molecule has 0 heterocycles. The van der Waals surface area contributed by atoms with Gasteiger partial charge in [0.15, 0.2) is 0 Å². The molecule has 7 heteroatoms. The topological polar surface area (TPSA) is 128 Å². The average molecular weight is 292 g/mol. The van der Waals surface area contributed by atoms with Gasteiger partial charge in [-0.05, 0) is 29.9 Å². The molecule has 0 aliphatic carbocycles. The van der Waals surface area contributed by atoms with Gasteiger partial charge in [-0.1, -0.05) is 24.3 Å². The number of hydrogen-bond donors (Lipinski definition) is 3. The monoisotopic (exact) mass is 292 g/mol. The van der Waals surface area contributed by atoms with E-state index in [0.29, 0.717) is 12.1 Å². The Labute approximate surface area is 123 Å². The summed E-state index contributed by atoms with van der Waals surface area (Å²) in [6, 6.07) is 6.94. The first-order chi connectivity index (χ1) is 9.74. The van der Waals surface area contributed by atoms with Crippen LogP contribution in [0.1, 0.15) is 25.0 Å². The lowest BCUT2D eigenvalue weighted by atomic mass is 10.0. The highest BCUT2D eigenvalue weighted by Crippen LogP contribution is 2.16. The van der Waals surface area contributed by atoms with Gasteiger partial charge in [0.05, 0.1) is 17.7 Å². The van der Waals surface area contributed by atoms with Gasteiger partial charge in [-0.2, -0.15) is 0 Å². The summed E-state index contributed by atoms with van der Waals surface area (Å²) in [5.41, 5.74) is 11.7. The highest BCUT2D eigenvalue weighted by molar-refractivity contribution is 6.10. The normalized spacial score (nSPS) is 13.3. The van der Waals surface area contributed by atoms with Crippen LogP contribution in [0.5, 0.6) is 0 Å². The molecule has 7 nitrogen and oxygen atoms in total. The molecule has 1 aromatic carbocycles. The largest absolute Gasteiger partial charge is 0.389 e. The number of nitrogens with zero attached hydrogens (tertiary/aromatic N) is 2. The Bertz CT molecular complexity index is 557. The first-order valence-electron chi connectivity index (χ1n) is 6.40. The second-order valence-corrected chi connectivity index (χ2v) is 5.24. The Kier molecular flexibility index (Phi) is 5.57. The van der Waals surface area contributed by atoms with Crippen molar-refractivity contribution >= 4 is 11.8 Å². The van der Waals surface area contributed by atoms with Crippen molar-refractivity contribution in [3.8, 4) is 0 Å². The van der Waals surface area contributed by atoms with E-state index in [4.69, 9.17) is 11.5 Å². The first-order valence-corrected chi connectivity index (χ1v) is 6.40. The molecule has 1 aromatic rings. The van der Waals surface area contributed by atoms with Gasteiger partial charge in [-0.3, -0.25) is 10.7 Å². The lowest BCUT2D eigenvalue weighted by Gasteiger charge is -2.13. The van der Waals surface area contributed by atoms with Gasteiger partial charge < -0.3 is 21.0 Å². The van der Waals surface area contributed by atoms with E-state index in [-0.39, 0.29) is 12.1 Å². The van der Waals surface area contributed by atoms with Crippen molar-refractivity contribution in [2.75, 3.05) is 6.54 Å². The summed E-state index contributed by atoms with van der Waals surface area (Å²) in [5, 5.41) is 20.5. The molecule has 0 fully saturated rings. The zero-order chi connectivity index (χ0) is 16.0.